The normalized spacial score (nSPS) is 10.3. The van der Waals surface area contributed by atoms with Crippen LogP contribution >= 0.6 is 27.5 Å². The molecule has 6 heteroatoms. The van der Waals surface area contributed by atoms with Gasteiger partial charge in [-0.15, -0.1) is 0 Å². The van der Waals surface area contributed by atoms with Crippen LogP contribution in [0, 0.1) is 5.82 Å². The Morgan fingerprint density at radius 1 is 1.26 bits per heavy atom. The molecule has 0 aliphatic carbocycles. The van der Waals surface area contributed by atoms with E-state index < -0.39 is 11.7 Å². The van der Waals surface area contributed by atoms with Crippen molar-refractivity contribution in [3.8, 4) is 5.75 Å². The van der Waals surface area contributed by atoms with Gasteiger partial charge in [0.1, 0.15) is 11.6 Å². The van der Waals surface area contributed by atoms with Gasteiger partial charge >= 0.3 is 0 Å². The molecule has 0 aliphatic heterocycles. The monoisotopic (exact) mass is 343 g/mol. The van der Waals surface area contributed by atoms with Crippen LogP contribution in [0.1, 0.15) is 10.4 Å². The Morgan fingerprint density at radius 3 is 2.63 bits per heavy atom. The van der Waals surface area contributed by atoms with E-state index in [2.05, 4.69) is 21.2 Å². The van der Waals surface area contributed by atoms with Crippen LogP contribution in [0.3, 0.4) is 0 Å². The fraction of sp³-hybridized carbons (Fsp3) is 0. The van der Waals surface area contributed by atoms with Crippen LogP contribution in [0.15, 0.2) is 40.9 Å². The molecule has 0 saturated heterocycles. The summed E-state index contributed by atoms with van der Waals surface area (Å²) in [6.45, 7) is 0. The van der Waals surface area contributed by atoms with E-state index >= 15 is 0 Å². The van der Waals surface area contributed by atoms with Crippen molar-refractivity contribution in [3.05, 3.63) is 57.3 Å². The van der Waals surface area contributed by atoms with E-state index in [9.17, 15) is 14.3 Å². The highest BCUT2D eigenvalue weighted by atomic mass is 79.9. The fourth-order valence-electron chi connectivity index (χ4n) is 1.47. The quantitative estimate of drug-likeness (QED) is 0.802. The zero-order valence-corrected chi connectivity index (χ0v) is 11.8. The van der Waals surface area contributed by atoms with Gasteiger partial charge in [0.2, 0.25) is 0 Å². The topological polar surface area (TPSA) is 49.3 Å². The Hall–Kier alpha value is -1.59. The molecule has 1 amide bonds. The molecule has 0 radical (unpaired) electrons. The zero-order chi connectivity index (χ0) is 14.0. The van der Waals surface area contributed by atoms with Gasteiger partial charge in [-0.1, -0.05) is 11.6 Å². The molecule has 0 unspecified atom stereocenters. The Kier molecular flexibility index (Phi) is 4.07. The van der Waals surface area contributed by atoms with Gasteiger partial charge in [-0.3, -0.25) is 4.79 Å². The van der Waals surface area contributed by atoms with Gasteiger partial charge < -0.3 is 10.4 Å². The third kappa shape index (κ3) is 3.24. The van der Waals surface area contributed by atoms with Crippen LogP contribution in [0.25, 0.3) is 0 Å². The van der Waals surface area contributed by atoms with Crippen molar-refractivity contribution in [2.75, 3.05) is 5.32 Å². The molecule has 0 fully saturated rings. The van der Waals surface area contributed by atoms with Crippen molar-refractivity contribution in [3.63, 3.8) is 0 Å². The summed E-state index contributed by atoms with van der Waals surface area (Å²) in [5, 5.41) is 12.0. The maximum Gasteiger partial charge on any atom is 0.256 e. The number of phenolic OH excluding ortho intramolecular Hbond substituents is 1. The Bertz CT molecular complexity index is 649. The molecular weight excluding hydrogens is 337 g/mol. The number of hydrogen-bond donors (Lipinski definition) is 2. The summed E-state index contributed by atoms with van der Waals surface area (Å²) < 4.78 is 13.3. The number of carbonyl (C=O) groups is 1. The number of nitrogens with one attached hydrogen (secondary N) is 1. The number of anilines is 1. The van der Waals surface area contributed by atoms with E-state index in [-0.39, 0.29) is 16.3 Å². The number of carbonyl (C=O) groups excluding carboxylic acids is 1. The van der Waals surface area contributed by atoms with Crippen molar-refractivity contribution in [1.82, 2.24) is 0 Å². The Balaban J connectivity index is 2.25. The number of benzene rings is 2. The number of amides is 1. The highest BCUT2D eigenvalue weighted by Gasteiger charge is 2.12. The first-order chi connectivity index (χ1) is 8.97. The summed E-state index contributed by atoms with van der Waals surface area (Å²) in [5.41, 5.74) is 0.645. The van der Waals surface area contributed by atoms with E-state index in [4.69, 9.17) is 11.6 Å². The van der Waals surface area contributed by atoms with E-state index in [0.717, 1.165) is 0 Å². The molecule has 98 valence electrons. The van der Waals surface area contributed by atoms with Gasteiger partial charge in [0, 0.05) is 10.5 Å². The summed E-state index contributed by atoms with van der Waals surface area (Å²) in [6.07, 6.45) is 0. The molecule has 0 aromatic heterocycles. The second-order valence-electron chi connectivity index (χ2n) is 3.74. The first-order valence-electron chi connectivity index (χ1n) is 5.22. The second kappa shape index (κ2) is 5.59. The predicted molar refractivity (Wildman–Crippen MR) is 75.2 cm³/mol. The lowest BCUT2D eigenvalue weighted by Gasteiger charge is -2.08. The molecule has 0 saturated carbocycles. The molecule has 2 aromatic carbocycles. The highest BCUT2D eigenvalue weighted by Crippen LogP contribution is 2.27. The molecule has 2 rings (SSSR count). The highest BCUT2D eigenvalue weighted by molar-refractivity contribution is 9.10. The van der Waals surface area contributed by atoms with Gasteiger partial charge in [0.05, 0.1) is 16.3 Å². The number of hydrogen-bond acceptors (Lipinski definition) is 2. The minimum Gasteiger partial charge on any atom is -0.508 e. The standard InChI is InChI=1S/C13H8BrClFNO2/c14-10-5-7(16)1-3-9(10)13(19)17-12-4-2-8(18)6-11(12)15/h1-6,18H,(H,17,19). The van der Waals surface area contributed by atoms with Gasteiger partial charge in [-0.05, 0) is 46.3 Å². The summed E-state index contributed by atoms with van der Waals surface area (Å²) in [7, 11) is 0. The van der Waals surface area contributed by atoms with Crippen molar-refractivity contribution in [2.45, 2.75) is 0 Å². The van der Waals surface area contributed by atoms with E-state index in [1.807, 2.05) is 0 Å². The van der Waals surface area contributed by atoms with Crippen molar-refractivity contribution in [1.29, 1.82) is 0 Å². The first kappa shape index (κ1) is 13.8. The largest absolute Gasteiger partial charge is 0.508 e. The maximum atomic E-state index is 12.9. The summed E-state index contributed by atoms with van der Waals surface area (Å²) >= 11 is 9.00. The maximum absolute atomic E-state index is 12.9. The van der Waals surface area contributed by atoms with Crippen molar-refractivity contribution in [2.24, 2.45) is 0 Å². The summed E-state index contributed by atoms with van der Waals surface area (Å²) in [4.78, 5) is 12.0. The van der Waals surface area contributed by atoms with Crippen molar-refractivity contribution < 1.29 is 14.3 Å². The van der Waals surface area contributed by atoms with E-state index in [1.54, 1.807) is 0 Å². The first-order valence-corrected chi connectivity index (χ1v) is 6.39. The third-order valence-electron chi connectivity index (χ3n) is 2.38. The SMILES string of the molecule is O=C(Nc1ccc(O)cc1Cl)c1ccc(F)cc1Br. The zero-order valence-electron chi connectivity index (χ0n) is 9.45. The summed E-state index contributed by atoms with van der Waals surface area (Å²) in [6, 6.07) is 7.96. The molecular formula is C13H8BrClFNO2. The van der Waals surface area contributed by atoms with Gasteiger partial charge in [0.25, 0.3) is 5.91 Å². The average Bonchev–Trinajstić information content (AvgIpc) is 2.32. The second-order valence-corrected chi connectivity index (χ2v) is 5.00. The lowest BCUT2D eigenvalue weighted by atomic mass is 10.2. The van der Waals surface area contributed by atoms with Gasteiger partial charge in [0.15, 0.2) is 0 Å². The molecule has 2 N–H and O–H groups in total. The van der Waals surface area contributed by atoms with Gasteiger partial charge in [-0.25, -0.2) is 4.39 Å². The molecule has 3 nitrogen and oxygen atoms in total. The lowest BCUT2D eigenvalue weighted by molar-refractivity contribution is 0.102. The molecule has 19 heavy (non-hydrogen) atoms. The molecule has 2 aromatic rings. The summed E-state index contributed by atoms with van der Waals surface area (Å²) in [5.74, 6) is -0.864. The Morgan fingerprint density at radius 2 is 2.00 bits per heavy atom. The Labute approximate surface area is 122 Å². The fourth-order valence-corrected chi connectivity index (χ4v) is 2.22. The van der Waals surface area contributed by atoms with Gasteiger partial charge in [-0.2, -0.15) is 0 Å². The van der Waals surface area contributed by atoms with Crippen LogP contribution in [-0.4, -0.2) is 11.0 Å². The minimum absolute atomic E-state index is 0.00552. The van der Waals surface area contributed by atoms with Crippen LogP contribution < -0.4 is 5.32 Å². The number of aromatic hydroxyl groups is 1. The minimum atomic E-state index is -0.439. The van der Waals surface area contributed by atoms with E-state index in [0.29, 0.717) is 10.2 Å². The van der Waals surface area contributed by atoms with Crippen LogP contribution in [0.5, 0.6) is 5.75 Å². The molecule has 0 bridgehead atoms. The smallest absolute Gasteiger partial charge is 0.256 e. The molecule has 0 atom stereocenters. The molecule has 0 heterocycles. The number of phenols is 1. The average molecular weight is 345 g/mol. The molecule has 0 aliphatic rings. The van der Waals surface area contributed by atoms with Crippen molar-refractivity contribution >= 4 is 39.1 Å². The molecule has 0 spiro atoms. The predicted octanol–water partition coefficient (Wildman–Crippen LogP) is 4.20. The van der Waals surface area contributed by atoms with Crippen LogP contribution in [0.2, 0.25) is 5.02 Å². The third-order valence-corrected chi connectivity index (χ3v) is 3.35. The van der Waals surface area contributed by atoms with Crippen LogP contribution in [-0.2, 0) is 0 Å². The lowest BCUT2D eigenvalue weighted by Crippen LogP contribution is -2.13. The number of halogens is 3. The van der Waals surface area contributed by atoms with E-state index in [1.165, 1.54) is 36.4 Å². The van der Waals surface area contributed by atoms with Crippen LogP contribution in [0.4, 0.5) is 10.1 Å². The number of rotatable bonds is 2.